The maximum atomic E-state index is 4.53. The van der Waals surface area contributed by atoms with Crippen LogP contribution in [0.4, 0.5) is 0 Å². The van der Waals surface area contributed by atoms with Gasteiger partial charge in [-0.2, -0.15) is 0 Å². The van der Waals surface area contributed by atoms with Gasteiger partial charge in [0, 0.05) is 0 Å². The fraction of sp³-hybridized carbons (Fsp3) is 0.333. The molecule has 0 spiro atoms. The van der Waals surface area contributed by atoms with Crippen LogP contribution >= 0.6 is 0 Å². The normalized spacial score (nSPS) is 16.4. The molecule has 0 saturated carbocycles. The summed E-state index contributed by atoms with van der Waals surface area (Å²) in [5, 5.41) is 0. The zero-order valence-electron chi connectivity index (χ0n) is 9.43. The molecule has 0 aromatic carbocycles. The van der Waals surface area contributed by atoms with Crippen LogP contribution in [-0.4, -0.2) is 9.97 Å². The monoisotopic (exact) mass is 313 g/mol. The first-order chi connectivity index (χ1) is 7.06. The van der Waals surface area contributed by atoms with Crippen LogP contribution in [0.1, 0.15) is 31.1 Å². The van der Waals surface area contributed by atoms with E-state index in [4.69, 9.17) is 0 Å². The van der Waals surface area contributed by atoms with E-state index in [9.17, 15) is 0 Å². The molecule has 2 rings (SSSR count). The Labute approximate surface area is 101 Å². The van der Waals surface area contributed by atoms with E-state index >= 15 is 0 Å². The minimum absolute atomic E-state index is 0.0152. The summed E-state index contributed by atoms with van der Waals surface area (Å²) in [6.45, 7) is 8.42. The zero-order chi connectivity index (χ0) is 11.0. The molecule has 0 aliphatic carbocycles. The molecular weight excluding hydrogens is 299 g/mol. The Morgan fingerprint density at radius 1 is 1.00 bits per heavy atom. The number of nitrogens with zero attached hydrogens (tertiary/aromatic N) is 2. The van der Waals surface area contributed by atoms with Crippen molar-refractivity contribution in [1.29, 1.82) is 0 Å². The third kappa shape index (κ3) is 2.27. The quantitative estimate of drug-likeness (QED) is 0.673. The molecule has 0 N–H and O–H groups in total. The number of aryl methyl sites for hydroxylation is 2. The number of allylic oxidation sites excluding steroid dienone is 3. The molecule has 2 heterocycles. The van der Waals surface area contributed by atoms with Crippen LogP contribution in [0.25, 0.3) is 3.58 Å². The van der Waals surface area contributed by atoms with E-state index in [-0.39, 0.29) is 21.2 Å². The molecule has 0 fully saturated rings. The molecule has 0 unspecified atom stereocenters. The average molecular weight is 313 g/mol. The molecule has 3 heteroatoms. The molecule has 1 aromatic rings. The number of hydrogen-bond donors (Lipinski definition) is 0. The third-order valence-electron chi connectivity index (χ3n) is 2.18. The third-order valence-corrected chi connectivity index (χ3v) is 5.22. The summed E-state index contributed by atoms with van der Waals surface area (Å²) in [6.07, 6.45) is 2.27. The van der Waals surface area contributed by atoms with E-state index in [1.807, 2.05) is 19.9 Å². The van der Waals surface area contributed by atoms with Crippen molar-refractivity contribution in [3.63, 3.8) is 0 Å². The number of hydrogen-bond acceptors (Lipinski definition) is 2. The van der Waals surface area contributed by atoms with Gasteiger partial charge in [0.15, 0.2) is 0 Å². The molecule has 80 valence electrons. The first-order valence-corrected chi connectivity index (χ1v) is 7.08. The fourth-order valence-electron chi connectivity index (χ4n) is 1.66. The molecule has 0 amide bonds. The van der Waals surface area contributed by atoms with Gasteiger partial charge < -0.3 is 0 Å². The van der Waals surface area contributed by atoms with E-state index in [0.29, 0.717) is 0 Å². The van der Waals surface area contributed by atoms with Gasteiger partial charge in [-0.1, -0.05) is 0 Å². The maximum absolute atomic E-state index is 4.53. The summed E-state index contributed by atoms with van der Waals surface area (Å²) >= 11 is -0.0152. The Morgan fingerprint density at radius 3 is 2.07 bits per heavy atom. The van der Waals surface area contributed by atoms with E-state index in [0.717, 1.165) is 17.2 Å². The summed E-state index contributed by atoms with van der Waals surface area (Å²) in [5.41, 5.74) is 3.48. The SMILES string of the molecule is CC1=CC(C)=C(c2nc(C)cc(C)n2)[I-]1. The second kappa shape index (κ2) is 4.04. The van der Waals surface area contributed by atoms with Gasteiger partial charge in [-0.3, -0.25) is 0 Å². The van der Waals surface area contributed by atoms with Crippen LogP contribution in [0.3, 0.4) is 0 Å². The number of aromatic nitrogens is 2. The second-order valence-corrected chi connectivity index (χ2v) is 7.12. The van der Waals surface area contributed by atoms with Crippen molar-refractivity contribution in [1.82, 2.24) is 9.97 Å². The van der Waals surface area contributed by atoms with E-state index in [2.05, 4.69) is 29.9 Å². The van der Waals surface area contributed by atoms with Crippen molar-refractivity contribution in [3.05, 3.63) is 38.5 Å². The number of rotatable bonds is 1. The molecule has 1 aromatic heterocycles. The van der Waals surface area contributed by atoms with Gasteiger partial charge in [-0.05, 0) is 0 Å². The standard InChI is InChI=1S/C12H14IN2/c1-7-5-8(2)13-11(7)12-14-9(3)6-10(4)15-12/h5-6H,1-4H3/q-1. The van der Waals surface area contributed by atoms with E-state index in [1.165, 1.54) is 12.7 Å². The first-order valence-electron chi connectivity index (χ1n) is 4.93. The Balaban J connectivity index is 2.44. The van der Waals surface area contributed by atoms with Crippen molar-refractivity contribution in [2.75, 3.05) is 0 Å². The summed E-state index contributed by atoms with van der Waals surface area (Å²) in [7, 11) is 0. The summed E-state index contributed by atoms with van der Waals surface area (Å²) in [6, 6.07) is 2.02. The zero-order valence-corrected chi connectivity index (χ0v) is 11.6. The number of halogens is 1. The Morgan fingerprint density at radius 2 is 1.60 bits per heavy atom. The molecule has 0 radical (unpaired) electrons. The predicted octanol–water partition coefficient (Wildman–Crippen LogP) is -0.169. The molecule has 1 aliphatic rings. The van der Waals surface area contributed by atoms with Gasteiger partial charge in [0.25, 0.3) is 0 Å². The van der Waals surface area contributed by atoms with Crippen LogP contribution in [0.15, 0.2) is 21.3 Å². The topological polar surface area (TPSA) is 25.8 Å². The van der Waals surface area contributed by atoms with Crippen LogP contribution in [0.5, 0.6) is 0 Å². The minimum atomic E-state index is -0.0152. The molecule has 2 nitrogen and oxygen atoms in total. The van der Waals surface area contributed by atoms with Crippen molar-refractivity contribution >= 4 is 3.58 Å². The molecule has 15 heavy (non-hydrogen) atoms. The Hall–Kier alpha value is -0.710. The van der Waals surface area contributed by atoms with Crippen LogP contribution in [-0.2, 0) is 0 Å². The molecule has 0 saturated heterocycles. The van der Waals surface area contributed by atoms with E-state index < -0.39 is 0 Å². The van der Waals surface area contributed by atoms with Crippen LogP contribution in [0.2, 0.25) is 0 Å². The van der Waals surface area contributed by atoms with Crippen molar-refractivity contribution in [3.8, 4) is 0 Å². The van der Waals surface area contributed by atoms with Gasteiger partial charge in [-0.15, -0.1) is 0 Å². The summed E-state index contributed by atoms with van der Waals surface area (Å²) < 4.78 is 2.89. The van der Waals surface area contributed by atoms with Gasteiger partial charge >= 0.3 is 101 Å². The van der Waals surface area contributed by atoms with Crippen molar-refractivity contribution in [2.45, 2.75) is 27.7 Å². The van der Waals surface area contributed by atoms with Gasteiger partial charge in [0.1, 0.15) is 0 Å². The second-order valence-electron chi connectivity index (χ2n) is 3.80. The van der Waals surface area contributed by atoms with E-state index in [1.54, 1.807) is 0 Å². The molecule has 0 bridgehead atoms. The molecule has 1 aliphatic heterocycles. The Kier molecular flexibility index (Phi) is 2.91. The van der Waals surface area contributed by atoms with Crippen LogP contribution in [0, 0.1) is 13.8 Å². The van der Waals surface area contributed by atoms with Crippen molar-refractivity contribution < 1.29 is 21.2 Å². The summed E-state index contributed by atoms with van der Waals surface area (Å²) in [5.74, 6) is 0.950. The van der Waals surface area contributed by atoms with Crippen molar-refractivity contribution in [2.24, 2.45) is 0 Å². The predicted molar refractivity (Wildman–Crippen MR) is 57.9 cm³/mol. The fourth-order valence-corrected chi connectivity index (χ4v) is 4.19. The molecular formula is C12H14IN2-. The summed E-state index contributed by atoms with van der Waals surface area (Å²) in [4.78, 5) is 9.05. The molecule has 0 atom stereocenters. The first kappa shape index (κ1) is 10.8. The Bertz CT molecular complexity index is 452. The average Bonchev–Trinajstić information content (AvgIpc) is 2.43. The van der Waals surface area contributed by atoms with Gasteiger partial charge in [0.05, 0.1) is 0 Å². The van der Waals surface area contributed by atoms with Gasteiger partial charge in [-0.25, -0.2) is 0 Å². The van der Waals surface area contributed by atoms with Crippen LogP contribution < -0.4 is 21.2 Å². The van der Waals surface area contributed by atoms with Gasteiger partial charge in [0.2, 0.25) is 0 Å².